The lowest BCUT2D eigenvalue weighted by atomic mass is 9.76. The Bertz CT molecular complexity index is 1820. The monoisotopic (exact) mass is 634 g/mol. The molecule has 0 spiro atoms. The van der Waals surface area contributed by atoms with Crippen LogP contribution in [-0.4, -0.2) is 101 Å². The van der Waals surface area contributed by atoms with Gasteiger partial charge in [0.25, 0.3) is 0 Å². The van der Waals surface area contributed by atoms with E-state index >= 15 is 0 Å². The Labute approximate surface area is 274 Å². The molecule has 4 saturated heterocycles. The molecular weight excluding hydrogens is 594 g/mol. The van der Waals surface area contributed by atoms with E-state index in [1.54, 1.807) is 13.0 Å². The Balaban J connectivity index is 1.00. The zero-order chi connectivity index (χ0) is 32.7. The minimum Gasteiger partial charge on any atom is -0.543 e. The highest BCUT2D eigenvalue weighted by atomic mass is 16.5. The molecule has 9 nitrogen and oxygen atoms in total. The SMILES string of the molecule is C[C@@H](O)[C@H]1C(=O)N2C(C(=O)[O-])=C(c3ccc4c(c3)C(=O)c3ccc(C[N+]56CC[N+](CCOc7ccccc7)(CC5)CC6)cc3-4)[C@H](C)[C@H]12. The molecule has 0 radical (unpaired) electrons. The molecule has 3 aromatic carbocycles. The Morgan fingerprint density at radius 3 is 2.28 bits per heavy atom. The van der Waals surface area contributed by atoms with Gasteiger partial charge in [-0.05, 0) is 59.5 Å². The maximum absolute atomic E-state index is 13.7. The van der Waals surface area contributed by atoms with Crippen LogP contribution in [0.25, 0.3) is 16.7 Å². The van der Waals surface area contributed by atoms with Crippen LogP contribution in [0.15, 0.2) is 72.4 Å². The van der Waals surface area contributed by atoms with Gasteiger partial charge in [0, 0.05) is 22.6 Å². The van der Waals surface area contributed by atoms with Crippen molar-refractivity contribution in [1.29, 1.82) is 0 Å². The number of β-lactam (4-membered cyclic amide) rings is 1. The molecule has 242 valence electrons. The molecule has 5 aliphatic heterocycles. The lowest BCUT2D eigenvalue weighted by Crippen LogP contribution is -2.75. The van der Waals surface area contributed by atoms with Crippen LogP contribution in [0, 0.1) is 11.8 Å². The summed E-state index contributed by atoms with van der Waals surface area (Å²) in [5.41, 5.74) is 5.12. The first-order valence-corrected chi connectivity index (χ1v) is 16.8. The zero-order valence-electron chi connectivity index (χ0n) is 26.9. The van der Waals surface area contributed by atoms with E-state index in [0.29, 0.717) is 22.3 Å². The number of ether oxygens (including phenoxy) is 1. The highest BCUT2D eigenvalue weighted by molar-refractivity contribution is 6.22. The number of amides is 1. The highest BCUT2D eigenvalue weighted by Gasteiger charge is 2.58. The molecule has 47 heavy (non-hydrogen) atoms. The second kappa shape index (κ2) is 10.9. The van der Waals surface area contributed by atoms with Crippen molar-refractivity contribution in [2.75, 3.05) is 52.4 Å². The Morgan fingerprint density at radius 2 is 1.60 bits per heavy atom. The molecule has 4 atom stereocenters. The number of carbonyl (C=O) groups excluding carboxylic acids is 3. The lowest BCUT2D eigenvalue weighted by Gasteiger charge is -2.55. The van der Waals surface area contributed by atoms with Crippen molar-refractivity contribution in [1.82, 2.24) is 4.90 Å². The van der Waals surface area contributed by atoms with Gasteiger partial charge in [-0.2, -0.15) is 0 Å². The normalized spacial score (nSPS) is 29.3. The second-order valence-corrected chi connectivity index (χ2v) is 14.3. The van der Waals surface area contributed by atoms with Gasteiger partial charge in [0.05, 0.1) is 29.7 Å². The Kier molecular flexibility index (Phi) is 6.95. The number of hydrogen-bond donors (Lipinski definition) is 1. The van der Waals surface area contributed by atoms with E-state index in [1.807, 2.05) is 55.5 Å². The molecule has 9 heteroatoms. The van der Waals surface area contributed by atoms with Gasteiger partial charge in [-0.15, -0.1) is 0 Å². The van der Waals surface area contributed by atoms with Gasteiger partial charge in [0.2, 0.25) is 5.91 Å². The quantitative estimate of drug-likeness (QED) is 0.224. The van der Waals surface area contributed by atoms with Crippen LogP contribution in [0.2, 0.25) is 0 Å². The molecule has 1 amide bonds. The van der Waals surface area contributed by atoms with Gasteiger partial charge in [-0.25, -0.2) is 0 Å². The Hall–Kier alpha value is -4.31. The fourth-order valence-electron chi connectivity index (χ4n) is 9.11. The van der Waals surface area contributed by atoms with Crippen molar-refractivity contribution in [3.05, 3.63) is 94.7 Å². The van der Waals surface area contributed by atoms with Gasteiger partial charge in [-0.3, -0.25) is 9.59 Å². The number of ketones is 1. The first-order chi connectivity index (χ1) is 22.6. The van der Waals surface area contributed by atoms with Gasteiger partial charge in [0.15, 0.2) is 5.78 Å². The minimum atomic E-state index is -1.43. The maximum atomic E-state index is 13.7. The third-order valence-electron chi connectivity index (χ3n) is 11.8. The van der Waals surface area contributed by atoms with Crippen LogP contribution < -0.4 is 9.84 Å². The zero-order valence-corrected chi connectivity index (χ0v) is 26.9. The molecule has 9 rings (SSSR count). The van der Waals surface area contributed by atoms with Crippen LogP contribution >= 0.6 is 0 Å². The third kappa shape index (κ3) is 4.66. The summed E-state index contributed by atoms with van der Waals surface area (Å²) in [7, 11) is 0. The van der Waals surface area contributed by atoms with Crippen LogP contribution in [0.1, 0.15) is 40.9 Å². The van der Waals surface area contributed by atoms with Crippen LogP contribution in [0.5, 0.6) is 5.75 Å². The van der Waals surface area contributed by atoms with Gasteiger partial charge in [-0.1, -0.05) is 43.3 Å². The number of para-hydroxylation sites is 1. The van der Waals surface area contributed by atoms with Crippen LogP contribution in [0.4, 0.5) is 0 Å². The minimum absolute atomic E-state index is 0.0753. The predicted molar refractivity (Wildman–Crippen MR) is 172 cm³/mol. The fraction of sp³-hybridized carbons (Fsp3) is 0.395. The van der Waals surface area contributed by atoms with E-state index in [-0.39, 0.29) is 17.4 Å². The summed E-state index contributed by atoms with van der Waals surface area (Å²) in [4.78, 5) is 40.0. The summed E-state index contributed by atoms with van der Waals surface area (Å²) in [6, 6.07) is 21.3. The number of aliphatic hydroxyl groups excluding tert-OH is 1. The molecule has 0 aromatic heterocycles. The molecular formula is C38H40N3O6+. The van der Waals surface area contributed by atoms with Gasteiger partial charge < -0.3 is 33.6 Å². The molecule has 1 N–H and O–H groups in total. The number of hydrogen-bond acceptors (Lipinski definition) is 6. The number of aliphatic carboxylic acids is 1. The Morgan fingerprint density at radius 1 is 0.915 bits per heavy atom. The first kappa shape index (κ1) is 30.1. The first-order valence-electron chi connectivity index (χ1n) is 16.8. The second-order valence-electron chi connectivity index (χ2n) is 14.3. The van der Waals surface area contributed by atoms with E-state index in [1.165, 1.54) is 10.5 Å². The fourth-order valence-corrected chi connectivity index (χ4v) is 9.11. The van der Waals surface area contributed by atoms with E-state index in [0.717, 1.165) is 84.8 Å². The number of aliphatic hydroxyl groups is 1. The number of piperazine rings is 3. The summed E-state index contributed by atoms with van der Waals surface area (Å²) in [6.07, 6.45) is -0.889. The largest absolute Gasteiger partial charge is 0.543 e. The smallest absolute Gasteiger partial charge is 0.235 e. The van der Waals surface area contributed by atoms with Crippen molar-refractivity contribution in [2.45, 2.75) is 32.5 Å². The van der Waals surface area contributed by atoms with Crippen molar-refractivity contribution in [3.8, 4) is 16.9 Å². The number of quaternary nitrogens is 2. The average Bonchev–Trinajstić information content (AvgIpc) is 3.49. The summed E-state index contributed by atoms with van der Waals surface area (Å²) in [5, 5.41) is 22.5. The van der Waals surface area contributed by atoms with Crippen molar-refractivity contribution in [2.24, 2.45) is 11.8 Å². The van der Waals surface area contributed by atoms with E-state index < -0.39 is 29.9 Å². The van der Waals surface area contributed by atoms with Crippen molar-refractivity contribution >= 4 is 23.2 Å². The van der Waals surface area contributed by atoms with Gasteiger partial charge >= 0.3 is 0 Å². The standard InChI is InChI=1S/C38H40N3O6/c1-23-32(35(38(45)46)39-34(23)33(24(2)42)37(39)44)26-9-11-28-30-20-25(8-10-29(30)36(43)31(28)21-26)22-41-15-12-40(13-16-41,14-17-41)18-19-47-27-6-4-3-5-7-27/h3-11,20-21,23-24,33-34,42H,12-19,22H2,1-2H3/q+1/t23-,24+,33+,34+,40?,41?/m0/s1. The molecule has 1 aliphatic carbocycles. The third-order valence-corrected chi connectivity index (χ3v) is 11.8. The van der Waals surface area contributed by atoms with E-state index in [4.69, 9.17) is 4.74 Å². The molecule has 4 fully saturated rings. The molecule has 2 bridgehead atoms. The van der Waals surface area contributed by atoms with Crippen molar-refractivity contribution in [3.63, 3.8) is 0 Å². The maximum Gasteiger partial charge on any atom is 0.235 e. The number of carbonyl (C=O) groups is 3. The molecule has 5 heterocycles. The number of carboxylic acids is 1. The van der Waals surface area contributed by atoms with Gasteiger partial charge in [0.1, 0.15) is 64.7 Å². The van der Waals surface area contributed by atoms with Crippen LogP contribution in [-0.2, 0) is 16.1 Å². The number of rotatable bonds is 9. The van der Waals surface area contributed by atoms with Crippen molar-refractivity contribution < 1.29 is 38.3 Å². The summed E-state index contributed by atoms with van der Waals surface area (Å²) < 4.78 is 8.23. The average molecular weight is 635 g/mol. The van der Waals surface area contributed by atoms with E-state index in [9.17, 15) is 24.6 Å². The molecule has 3 aromatic rings. The van der Waals surface area contributed by atoms with Crippen LogP contribution in [0.3, 0.4) is 0 Å². The number of carboxylic acid groups (broad SMARTS) is 1. The summed E-state index contributed by atoms with van der Waals surface area (Å²) in [5.74, 6) is -1.97. The highest BCUT2D eigenvalue weighted by Crippen LogP contribution is 2.51. The number of benzene rings is 3. The summed E-state index contributed by atoms with van der Waals surface area (Å²) in [6.45, 7) is 13.0. The number of nitrogens with zero attached hydrogens (tertiary/aromatic N) is 3. The molecule has 0 saturated carbocycles. The molecule has 0 unspecified atom stereocenters. The summed E-state index contributed by atoms with van der Waals surface area (Å²) >= 11 is 0. The molecule has 6 aliphatic rings. The van der Waals surface area contributed by atoms with E-state index in [2.05, 4.69) is 12.1 Å². The predicted octanol–water partition coefficient (Wildman–Crippen LogP) is 2.46. The topological polar surface area (TPSA) is 107 Å². The number of fused-ring (bicyclic) bond motifs is 7. The lowest BCUT2D eigenvalue weighted by molar-refractivity contribution is -1.09.